The number of amides is 2. The summed E-state index contributed by atoms with van der Waals surface area (Å²) in [6, 6.07) is 16.3. The predicted octanol–water partition coefficient (Wildman–Crippen LogP) is 5.43. The molecule has 29 heavy (non-hydrogen) atoms. The number of aromatic nitrogens is 2. The van der Waals surface area contributed by atoms with Crippen molar-refractivity contribution in [3.63, 3.8) is 0 Å². The highest BCUT2D eigenvalue weighted by Crippen LogP contribution is 2.28. The van der Waals surface area contributed by atoms with Crippen LogP contribution in [0.5, 0.6) is 5.75 Å². The van der Waals surface area contributed by atoms with Crippen molar-refractivity contribution in [1.29, 1.82) is 0 Å². The van der Waals surface area contributed by atoms with Crippen molar-refractivity contribution >= 4 is 28.7 Å². The molecule has 0 aliphatic carbocycles. The number of aryl methyl sites for hydroxylation is 1. The van der Waals surface area contributed by atoms with Gasteiger partial charge in [-0.25, -0.2) is 4.79 Å². The lowest BCUT2D eigenvalue weighted by molar-refractivity contribution is 0.262. The number of rotatable bonds is 5. The van der Waals surface area contributed by atoms with E-state index in [1.54, 1.807) is 19.2 Å². The fourth-order valence-corrected chi connectivity index (χ4v) is 3.43. The molecule has 0 saturated carbocycles. The van der Waals surface area contributed by atoms with E-state index in [1.807, 2.05) is 54.8 Å². The molecule has 4 aromatic rings. The van der Waals surface area contributed by atoms with Crippen LogP contribution in [0.2, 0.25) is 0 Å². The number of methoxy groups -OCH3 is 1. The Morgan fingerprint density at radius 1 is 1.10 bits per heavy atom. The lowest BCUT2D eigenvalue weighted by Crippen LogP contribution is -2.19. The molecule has 2 amide bonds. The monoisotopic (exact) mass is 406 g/mol. The Balaban J connectivity index is 1.49. The summed E-state index contributed by atoms with van der Waals surface area (Å²) in [6.07, 6.45) is 0. The maximum Gasteiger partial charge on any atom is 0.323 e. The second kappa shape index (κ2) is 8.15. The van der Waals surface area contributed by atoms with Crippen LogP contribution < -0.4 is 15.4 Å². The summed E-state index contributed by atoms with van der Waals surface area (Å²) in [6.45, 7) is 1.95. The van der Waals surface area contributed by atoms with Gasteiger partial charge in [0, 0.05) is 11.3 Å². The number of thiophene rings is 1. The van der Waals surface area contributed by atoms with Crippen LogP contribution in [0.15, 0.2) is 64.5 Å². The van der Waals surface area contributed by atoms with Crippen molar-refractivity contribution in [2.75, 3.05) is 17.7 Å². The minimum absolute atomic E-state index is 0.376. The molecule has 0 bridgehead atoms. The lowest BCUT2D eigenvalue weighted by Gasteiger charge is -2.12. The van der Waals surface area contributed by atoms with Gasteiger partial charge in [0.05, 0.1) is 17.7 Å². The van der Waals surface area contributed by atoms with Gasteiger partial charge in [0.25, 0.3) is 5.89 Å². The zero-order chi connectivity index (χ0) is 20.2. The molecule has 0 spiro atoms. The maximum atomic E-state index is 12.4. The average Bonchev–Trinajstić information content (AvgIpc) is 3.40. The second-order valence-corrected chi connectivity index (χ2v) is 7.21. The Hall–Kier alpha value is -3.65. The first kappa shape index (κ1) is 18.7. The first-order valence-electron chi connectivity index (χ1n) is 8.83. The molecule has 0 fully saturated rings. The SMILES string of the molecule is COc1ccc(C)cc1NC(=O)Nc1cccc(-c2noc(-c3cccs3)n2)c1. The number of urea groups is 1. The lowest BCUT2D eigenvalue weighted by atomic mass is 10.2. The van der Waals surface area contributed by atoms with E-state index in [0.29, 0.717) is 28.8 Å². The van der Waals surface area contributed by atoms with Gasteiger partial charge in [0.2, 0.25) is 5.82 Å². The Morgan fingerprint density at radius 2 is 2.00 bits per heavy atom. The van der Waals surface area contributed by atoms with Crippen LogP contribution in [0.25, 0.3) is 22.2 Å². The third kappa shape index (κ3) is 4.27. The second-order valence-electron chi connectivity index (χ2n) is 6.26. The first-order valence-corrected chi connectivity index (χ1v) is 9.71. The molecule has 0 saturated heterocycles. The van der Waals surface area contributed by atoms with Gasteiger partial charge in [-0.05, 0) is 48.2 Å². The highest BCUT2D eigenvalue weighted by molar-refractivity contribution is 7.13. The number of nitrogens with zero attached hydrogens (tertiary/aromatic N) is 2. The summed E-state index contributed by atoms with van der Waals surface area (Å²) in [4.78, 5) is 17.8. The summed E-state index contributed by atoms with van der Waals surface area (Å²) in [5.74, 6) is 1.52. The first-order chi connectivity index (χ1) is 14.1. The number of benzene rings is 2. The van der Waals surface area contributed by atoms with Crippen LogP contribution >= 0.6 is 11.3 Å². The normalized spacial score (nSPS) is 10.6. The number of carbonyl (C=O) groups is 1. The molecule has 4 rings (SSSR count). The average molecular weight is 406 g/mol. The zero-order valence-electron chi connectivity index (χ0n) is 15.8. The molecule has 8 heteroatoms. The third-order valence-corrected chi connectivity index (χ3v) is 5.00. The van der Waals surface area contributed by atoms with Gasteiger partial charge in [-0.3, -0.25) is 0 Å². The Kier molecular flexibility index (Phi) is 5.26. The van der Waals surface area contributed by atoms with Crippen LogP contribution in [-0.2, 0) is 0 Å². The number of carbonyl (C=O) groups excluding carboxylic acids is 1. The van der Waals surface area contributed by atoms with E-state index in [-0.39, 0.29) is 6.03 Å². The minimum Gasteiger partial charge on any atom is -0.495 e. The summed E-state index contributed by atoms with van der Waals surface area (Å²) in [5.41, 5.74) is 2.96. The number of ether oxygens (including phenoxy) is 1. The molecule has 2 N–H and O–H groups in total. The van der Waals surface area contributed by atoms with Gasteiger partial charge in [-0.1, -0.05) is 29.4 Å². The fraction of sp³-hybridized carbons (Fsp3) is 0.0952. The molecule has 0 atom stereocenters. The van der Waals surface area contributed by atoms with Crippen molar-refractivity contribution in [2.45, 2.75) is 6.92 Å². The van der Waals surface area contributed by atoms with Crippen molar-refractivity contribution in [2.24, 2.45) is 0 Å². The van der Waals surface area contributed by atoms with Gasteiger partial charge >= 0.3 is 6.03 Å². The predicted molar refractivity (Wildman–Crippen MR) is 113 cm³/mol. The van der Waals surface area contributed by atoms with Crippen LogP contribution in [0.3, 0.4) is 0 Å². The van der Waals surface area contributed by atoms with Crippen LogP contribution in [-0.4, -0.2) is 23.3 Å². The van der Waals surface area contributed by atoms with Gasteiger partial charge in [-0.15, -0.1) is 11.3 Å². The van der Waals surface area contributed by atoms with E-state index in [1.165, 1.54) is 11.3 Å². The molecule has 146 valence electrons. The summed E-state index contributed by atoms with van der Waals surface area (Å²) in [7, 11) is 1.56. The standard InChI is InChI=1S/C21H18N4O3S/c1-13-8-9-17(27-2)16(11-13)23-21(26)22-15-6-3-5-14(12-15)19-24-20(28-25-19)18-7-4-10-29-18/h3-12H,1-2H3,(H2,22,23,26). The molecule has 0 aliphatic heterocycles. The van der Waals surface area contributed by atoms with Gasteiger partial charge < -0.3 is 19.9 Å². The third-order valence-electron chi connectivity index (χ3n) is 4.14. The number of hydrogen-bond donors (Lipinski definition) is 2. The van der Waals surface area contributed by atoms with Crippen molar-refractivity contribution in [3.05, 3.63) is 65.5 Å². The summed E-state index contributed by atoms with van der Waals surface area (Å²) < 4.78 is 10.6. The van der Waals surface area contributed by atoms with Crippen LogP contribution in [0.4, 0.5) is 16.2 Å². The molecular weight excluding hydrogens is 388 g/mol. The quantitative estimate of drug-likeness (QED) is 0.461. The molecule has 0 unspecified atom stereocenters. The minimum atomic E-state index is -0.376. The largest absolute Gasteiger partial charge is 0.495 e. The summed E-state index contributed by atoms with van der Waals surface area (Å²) >= 11 is 1.53. The molecule has 0 radical (unpaired) electrons. The molecule has 0 aliphatic rings. The van der Waals surface area contributed by atoms with Gasteiger partial charge in [0.15, 0.2) is 0 Å². The van der Waals surface area contributed by atoms with Crippen molar-refractivity contribution in [3.8, 4) is 27.9 Å². The Labute approximate surface area is 171 Å². The molecule has 2 heterocycles. The smallest absolute Gasteiger partial charge is 0.323 e. The fourth-order valence-electron chi connectivity index (χ4n) is 2.78. The van der Waals surface area contributed by atoms with E-state index in [0.717, 1.165) is 16.0 Å². The highest BCUT2D eigenvalue weighted by Gasteiger charge is 2.13. The molecule has 2 aromatic heterocycles. The maximum absolute atomic E-state index is 12.4. The molecule has 2 aromatic carbocycles. The Bertz CT molecular complexity index is 1140. The molecule has 7 nitrogen and oxygen atoms in total. The number of anilines is 2. The van der Waals surface area contributed by atoms with Crippen LogP contribution in [0, 0.1) is 6.92 Å². The van der Waals surface area contributed by atoms with Crippen molar-refractivity contribution < 1.29 is 14.1 Å². The Morgan fingerprint density at radius 3 is 2.79 bits per heavy atom. The van der Waals surface area contributed by atoms with E-state index in [2.05, 4.69) is 20.8 Å². The van der Waals surface area contributed by atoms with Gasteiger partial charge in [0.1, 0.15) is 5.75 Å². The van der Waals surface area contributed by atoms with E-state index >= 15 is 0 Å². The summed E-state index contributed by atoms with van der Waals surface area (Å²) in [5, 5.41) is 11.6. The van der Waals surface area contributed by atoms with E-state index in [9.17, 15) is 4.79 Å². The van der Waals surface area contributed by atoms with Crippen molar-refractivity contribution in [1.82, 2.24) is 10.1 Å². The highest BCUT2D eigenvalue weighted by atomic mass is 32.1. The van der Waals surface area contributed by atoms with E-state index in [4.69, 9.17) is 9.26 Å². The van der Waals surface area contributed by atoms with E-state index < -0.39 is 0 Å². The number of nitrogens with one attached hydrogen (secondary N) is 2. The zero-order valence-corrected chi connectivity index (χ0v) is 16.6. The van der Waals surface area contributed by atoms with Gasteiger partial charge in [-0.2, -0.15) is 4.98 Å². The number of hydrogen-bond acceptors (Lipinski definition) is 6. The van der Waals surface area contributed by atoms with Crippen LogP contribution in [0.1, 0.15) is 5.56 Å². The topological polar surface area (TPSA) is 89.3 Å². The molecular formula is C21H18N4O3S.